The van der Waals surface area contributed by atoms with Crippen LogP contribution >= 0.6 is 15.9 Å². The Bertz CT molecular complexity index is 355. The van der Waals surface area contributed by atoms with Gasteiger partial charge >= 0.3 is 0 Å². The zero-order valence-electron chi connectivity index (χ0n) is 10.7. The number of hydrogen-bond donors (Lipinski definition) is 1. The molecule has 0 fully saturated rings. The molecule has 96 valence electrons. The summed E-state index contributed by atoms with van der Waals surface area (Å²) in [6.07, 6.45) is 0. The zero-order valence-corrected chi connectivity index (χ0v) is 12.3. The monoisotopic (exact) mass is 300 g/mol. The minimum absolute atomic E-state index is 0.0640. The normalized spacial score (nSPS) is 12.5. The van der Waals surface area contributed by atoms with Crippen LogP contribution in [0.3, 0.4) is 0 Å². The van der Waals surface area contributed by atoms with Crippen LogP contribution in [0.2, 0.25) is 0 Å². The first-order valence-corrected chi connectivity index (χ1v) is 6.69. The largest absolute Gasteiger partial charge is 0.380 e. The topological polar surface area (TPSA) is 38.5 Å². The Morgan fingerprint density at radius 1 is 1.47 bits per heavy atom. The summed E-state index contributed by atoms with van der Waals surface area (Å²) in [6.45, 7) is 6.38. The molecule has 0 amide bonds. The van der Waals surface area contributed by atoms with Crippen molar-refractivity contribution >= 4 is 21.6 Å². The summed E-state index contributed by atoms with van der Waals surface area (Å²) in [4.78, 5) is 2.17. The van der Waals surface area contributed by atoms with Gasteiger partial charge in [0, 0.05) is 30.7 Å². The number of likely N-dealkylation sites (N-methyl/N-ethyl adjacent to an activating group) is 1. The first-order chi connectivity index (χ1) is 8.06. The van der Waals surface area contributed by atoms with Crippen LogP contribution in [-0.2, 0) is 4.74 Å². The highest BCUT2D eigenvalue weighted by molar-refractivity contribution is 9.10. The lowest BCUT2D eigenvalue weighted by Crippen LogP contribution is -2.23. The Labute approximate surface area is 112 Å². The number of halogens is 1. The Balaban J connectivity index is 2.70. The van der Waals surface area contributed by atoms with Crippen LogP contribution in [0.1, 0.15) is 25.5 Å². The minimum atomic E-state index is 0.0640. The van der Waals surface area contributed by atoms with E-state index in [-0.39, 0.29) is 6.04 Å². The van der Waals surface area contributed by atoms with E-state index in [1.54, 1.807) is 0 Å². The quantitative estimate of drug-likeness (QED) is 0.821. The molecule has 1 aromatic carbocycles. The molecule has 0 heterocycles. The highest BCUT2D eigenvalue weighted by Crippen LogP contribution is 2.28. The van der Waals surface area contributed by atoms with Gasteiger partial charge in [-0.15, -0.1) is 0 Å². The fourth-order valence-electron chi connectivity index (χ4n) is 1.58. The van der Waals surface area contributed by atoms with Crippen LogP contribution in [0.15, 0.2) is 22.7 Å². The lowest BCUT2D eigenvalue weighted by Gasteiger charge is -2.21. The standard InChI is InChI=1S/C13H21BrN2O/c1-4-17-8-7-16(3)13-6-5-11(10(2)15)9-12(13)14/h5-6,9-10H,4,7-8,15H2,1-3H3/t10-/m1/s1. The van der Waals surface area contributed by atoms with E-state index in [4.69, 9.17) is 10.5 Å². The molecule has 0 aliphatic heterocycles. The molecule has 2 N–H and O–H groups in total. The van der Waals surface area contributed by atoms with Gasteiger partial charge in [0.15, 0.2) is 0 Å². The predicted molar refractivity (Wildman–Crippen MR) is 76.5 cm³/mol. The fraction of sp³-hybridized carbons (Fsp3) is 0.538. The fourth-order valence-corrected chi connectivity index (χ4v) is 2.28. The van der Waals surface area contributed by atoms with Gasteiger partial charge in [-0.25, -0.2) is 0 Å². The highest BCUT2D eigenvalue weighted by Gasteiger charge is 2.08. The first kappa shape index (κ1) is 14.5. The van der Waals surface area contributed by atoms with Crippen LogP contribution < -0.4 is 10.6 Å². The number of benzene rings is 1. The summed E-state index contributed by atoms with van der Waals surface area (Å²) in [7, 11) is 2.06. The van der Waals surface area contributed by atoms with Crippen molar-refractivity contribution in [2.24, 2.45) is 5.73 Å². The molecule has 0 aromatic heterocycles. The number of nitrogens with zero attached hydrogens (tertiary/aromatic N) is 1. The SMILES string of the molecule is CCOCCN(C)c1ccc([C@@H](C)N)cc1Br. The van der Waals surface area contributed by atoms with E-state index in [0.717, 1.165) is 35.5 Å². The van der Waals surface area contributed by atoms with Crippen LogP contribution in [0.5, 0.6) is 0 Å². The van der Waals surface area contributed by atoms with Crippen molar-refractivity contribution in [2.45, 2.75) is 19.9 Å². The van der Waals surface area contributed by atoms with Crippen molar-refractivity contribution in [1.82, 2.24) is 0 Å². The lowest BCUT2D eigenvalue weighted by atomic mass is 10.1. The summed E-state index contributed by atoms with van der Waals surface area (Å²) in [5.41, 5.74) is 8.15. The van der Waals surface area contributed by atoms with E-state index in [1.807, 2.05) is 13.8 Å². The second-order valence-electron chi connectivity index (χ2n) is 4.12. The van der Waals surface area contributed by atoms with Crippen molar-refractivity contribution < 1.29 is 4.74 Å². The van der Waals surface area contributed by atoms with Crippen LogP contribution in [-0.4, -0.2) is 26.8 Å². The van der Waals surface area contributed by atoms with Crippen molar-refractivity contribution in [3.8, 4) is 0 Å². The predicted octanol–water partition coefficient (Wildman–Crippen LogP) is 2.94. The third kappa shape index (κ3) is 4.30. The molecule has 0 saturated heterocycles. The molecule has 0 saturated carbocycles. The maximum absolute atomic E-state index is 5.85. The lowest BCUT2D eigenvalue weighted by molar-refractivity contribution is 0.154. The molecular weight excluding hydrogens is 280 g/mol. The smallest absolute Gasteiger partial charge is 0.0641 e. The second-order valence-corrected chi connectivity index (χ2v) is 4.97. The van der Waals surface area contributed by atoms with E-state index in [2.05, 4.69) is 46.1 Å². The zero-order chi connectivity index (χ0) is 12.8. The van der Waals surface area contributed by atoms with Gasteiger partial charge in [0.25, 0.3) is 0 Å². The molecular formula is C13H21BrN2O. The Hall–Kier alpha value is -0.580. The maximum Gasteiger partial charge on any atom is 0.0641 e. The van der Waals surface area contributed by atoms with Gasteiger partial charge in [0.1, 0.15) is 0 Å². The molecule has 3 nitrogen and oxygen atoms in total. The van der Waals surface area contributed by atoms with Crippen molar-refractivity contribution in [3.63, 3.8) is 0 Å². The number of rotatable bonds is 6. The molecule has 4 heteroatoms. The van der Waals surface area contributed by atoms with Crippen molar-refractivity contribution in [2.75, 3.05) is 31.7 Å². The van der Waals surface area contributed by atoms with Gasteiger partial charge in [-0.2, -0.15) is 0 Å². The average molecular weight is 301 g/mol. The van der Waals surface area contributed by atoms with E-state index in [1.165, 1.54) is 0 Å². The molecule has 0 unspecified atom stereocenters. The molecule has 1 atom stereocenters. The molecule has 0 radical (unpaired) electrons. The van der Waals surface area contributed by atoms with Gasteiger partial charge in [-0.05, 0) is 47.5 Å². The Kier molecular flexibility index (Phi) is 5.95. The third-order valence-corrected chi connectivity index (χ3v) is 3.32. The van der Waals surface area contributed by atoms with Gasteiger partial charge < -0.3 is 15.4 Å². The maximum atomic E-state index is 5.85. The summed E-state index contributed by atoms with van der Waals surface area (Å²) in [6, 6.07) is 6.31. The first-order valence-electron chi connectivity index (χ1n) is 5.90. The van der Waals surface area contributed by atoms with E-state index in [9.17, 15) is 0 Å². The van der Waals surface area contributed by atoms with Gasteiger partial charge in [-0.3, -0.25) is 0 Å². The second kappa shape index (κ2) is 6.99. The van der Waals surface area contributed by atoms with E-state index >= 15 is 0 Å². The summed E-state index contributed by atoms with van der Waals surface area (Å²) in [5.74, 6) is 0. The van der Waals surface area contributed by atoms with Crippen molar-refractivity contribution in [1.29, 1.82) is 0 Å². The summed E-state index contributed by atoms with van der Waals surface area (Å²) >= 11 is 3.59. The van der Waals surface area contributed by atoms with Crippen molar-refractivity contribution in [3.05, 3.63) is 28.2 Å². The van der Waals surface area contributed by atoms with E-state index in [0.29, 0.717) is 0 Å². The third-order valence-electron chi connectivity index (χ3n) is 2.68. The average Bonchev–Trinajstić information content (AvgIpc) is 2.28. The molecule has 0 aliphatic rings. The highest BCUT2D eigenvalue weighted by atomic mass is 79.9. The van der Waals surface area contributed by atoms with Gasteiger partial charge in [-0.1, -0.05) is 6.07 Å². The number of anilines is 1. The Morgan fingerprint density at radius 3 is 2.71 bits per heavy atom. The summed E-state index contributed by atoms with van der Waals surface area (Å²) < 4.78 is 6.43. The van der Waals surface area contributed by atoms with Crippen LogP contribution in [0, 0.1) is 0 Å². The molecule has 1 rings (SSSR count). The van der Waals surface area contributed by atoms with Crippen LogP contribution in [0.4, 0.5) is 5.69 Å². The summed E-state index contributed by atoms with van der Waals surface area (Å²) in [5, 5.41) is 0. The molecule has 1 aromatic rings. The molecule has 17 heavy (non-hydrogen) atoms. The minimum Gasteiger partial charge on any atom is -0.380 e. The van der Waals surface area contributed by atoms with Gasteiger partial charge in [0.05, 0.1) is 12.3 Å². The molecule has 0 spiro atoms. The number of hydrogen-bond acceptors (Lipinski definition) is 3. The number of ether oxygens (including phenoxy) is 1. The van der Waals surface area contributed by atoms with E-state index < -0.39 is 0 Å². The molecule has 0 bridgehead atoms. The van der Waals surface area contributed by atoms with Gasteiger partial charge in [0.2, 0.25) is 0 Å². The van der Waals surface area contributed by atoms with Crippen LogP contribution in [0.25, 0.3) is 0 Å². The Morgan fingerprint density at radius 2 is 2.18 bits per heavy atom. The molecule has 0 aliphatic carbocycles. The number of nitrogens with two attached hydrogens (primary N) is 1.